The average Bonchev–Trinajstić information content (AvgIpc) is 1.62. The molecule has 0 atom stereocenters. The van der Waals surface area contributed by atoms with Gasteiger partial charge in [0.1, 0.15) is 0 Å². The summed E-state index contributed by atoms with van der Waals surface area (Å²) in [6.07, 6.45) is 4.74. The third-order valence-corrected chi connectivity index (χ3v) is 15.7. The van der Waals surface area contributed by atoms with Crippen molar-refractivity contribution in [3.8, 4) is 63.0 Å². The Balaban J connectivity index is 0.000000202. The smallest absolute Gasteiger partial charge is 0.256 e. The van der Waals surface area contributed by atoms with Crippen molar-refractivity contribution in [3.05, 3.63) is 251 Å². The maximum absolute atomic E-state index is 13.5. The van der Waals surface area contributed by atoms with Gasteiger partial charge in [-0.2, -0.15) is 15.8 Å². The highest BCUT2D eigenvalue weighted by molar-refractivity contribution is 6.15. The van der Waals surface area contributed by atoms with Crippen molar-refractivity contribution in [1.82, 2.24) is 23.8 Å². The van der Waals surface area contributed by atoms with Crippen molar-refractivity contribution < 1.29 is 28.8 Å². The predicted molar refractivity (Wildman–Crippen MR) is 363 cm³/mol. The van der Waals surface area contributed by atoms with Crippen molar-refractivity contribution >= 4 is 79.8 Å². The Kier molecular flexibility index (Phi) is 20.1. The number of nitrogens with zero attached hydrogens (tertiary/aromatic N) is 8. The summed E-state index contributed by atoms with van der Waals surface area (Å²) in [5.74, 6) is -0.930. The molecule has 0 aliphatic carbocycles. The molecular weight excluding hydrogens is 1130 g/mol. The zero-order chi connectivity index (χ0) is 66.0. The predicted octanol–water partition coefficient (Wildman–Crippen LogP) is 15.5. The highest BCUT2D eigenvalue weighted by atomic mass is 16.2. The summed E-state index contributed by atoms with van der Waals surface area (Å²) in [6.45, 7) is 15.4. The molecule has 14 heteroatoms. The number of aldehydes is 2. The average molecular weight is 1200 g/mol. The Morgan fingerprint density at radius 1 is 0.418 bits per heavy atom. The molecule has 4 amide bonds. The van der Waals surface area contributed by atoms with Crippen LogP contribution in [0.4, 0.5) is 0 Å². The number of rotatable bonds is 10. The van der Waals surface area contributed by atoms with Gasteiger partial charge in [0.25, 0.3) is 11.8 Å². The third kappa shape index (κ3) is 13.3. The number of hydrogen-bond donors (Lipinski definition) is 0. The molecule has 11 rings (SSSR count). The molecule has 0 aliphatic heterocycles. The van der Waals surface area contributed by atoms with Gasteiger partial charge in [-0.1, -0.05) is 104 Å². The molecule has 14 nitrogen and oxygen atoms in total. The van der Waals surface area contributed by atoms with Crippen LogP contribution >= 0.6 is 0 Å². The quantitative estimate of drug-likeness (QED) is 0.0946. The van der Waals surface area contributed by atoms with E-state index in [2.05, 4.69) is 89.0 Å². The van der Waals surface area contributed by atoms with Crippen molar-refractivity contribution in [3.63, 3.8) is 0 Å². The normalized spacial score (nSPS) is 10.4. The molecule has 0 saturated heterocycles. The first-order valence-electron chi connectivity index (χ1n) is 28.9. The highest BCUT2D eigenvalue weighted by Crippen LogP contribution is 2.41. The second-order valence-corrected chi connectivity index (χ2v) is 22.0. The van der Waals surface area contributed by atoms with E-state index in [1.54, 1.807) is 64.6 Å². The molecule has 450 valence electrons. The van der Waals surface area contributed by atoms with Crippen LogP contribution in [0.15, 0.2) is 195 Å². The fraction of sp³-hybridized carbons (Fsp3) is 0.130. The van der Waals surface area contributed by atoms with Crippen LogP contribution in [0.1, 0.15) is 88.7 Å². The first kappa shape index (κ1) is 64.9. The number of amides is 4. The van der Waals surface area contributed by atoms with Gasteiger partial charge in [-0.3, -0.25) is 33.7 Å². The number of imide groups is 1. The number of carbonyl (C=O) groups is 6. The second kappa shape index (κ2) is 28.2. The summed E-state index contributed by atoms with van der Waals surface area (Å²) < 4.78 is 4.11. The molecule has 0 unspecified atom stereocenters. The first-order valence-corrected chi connectivity index (χ1v) is 28.9. The van der Waals surface area contributed by atoms with Crippen LogP contribution < -0.4 is 0 Å². The van der Waals surface area contributed by atoms with Gasteiger partial charge < -0.3 is 18.9 Å². The molecule has 0 saturated carbocycles. The number of fused-ring (bicyclic) bond motifs is 6. The van der Waals surface area contributed by atoms with Crippen molar-refractivity contribution in [2.24, 2.45) is 0 Å². The van der Waals surface area contributed by atoms with Crippen molar-refractivity contribution in [2.45, 2.75) is 34.6 Å². The Morgan fingerprint density at radius 3 is 1.03 bits per heavy atom. The van der Waals surface area contributed by atoms with Crippen LogP contribution in [-0.4, -0.2) is 95.3 Å². The summed E-state index contributed by atoms with van der Waals surface area (Å²) in [7, 11) is 8.18. The largest absolute Gasteiger partial charge is 0.345 e. The maximum Gasteiger partial charge on any atom is 0.256 e. The Hall–Kier alpha value is -12.1. The third-order valence-electron chi connectivity index (χ3n) is 15.7. The fourth-order valence-corrected chi connectivity index (χ4v) is 11.0. The fourth-order valence-electron chi connectivity index (χ4n) is 11.0. The van der Waals surface area contributed by atoms with E-state index in [1.165, 1.54) is 30.7 Å². The molecule has 0 N–H and O–H groups in total. The van der Waals surface area contributed by atoms with Gasteiger partial charge in [-0.05, 0) is 162 Å². The van der Waals surface area contributed by atoms with E-state index >= 15 is 0 Å². The van der Waals surface area contributed by atoms with Crippen molar-refractivity contribution in [1.29, 1.82) is 15.8 Å². The van der Waals surface area contributed by atoms with Crippen LogP contribution in [0, 0.1) is 54.8 Å². The zero-order valence-electron chi connectivity index (χ0n) is 52.4. The first-order chi connectivity index (χ1) is 43.7. The van der Waals surface area contributed by atoms with E-state index in [4.69, 9.17) is 0 Å². The molecular formula is C77H66N8O6. The maximum atomic E-state index is 13.5. The van der Waals surface area contributed by atoms with E-state index in [1.807, 2.05) is 118 Å². The summed E-state index contributed by atoms with van der Waals surface area (Å²) in [6, 6.07) is 61.2. The van der Waals surface area contributed by atoms with Crippen LogP contribution in [0.2, 0.25) is 0 Å². The monoisotopic (exact) mass is 1200 g/mol. The molecule has 2 aromatic heterocycles. The van der Waals surface area contributed by atoms with Crippen LogP contribution in [0.5, 0.6) is 0 Å². The number of aryl methyl sites for hydroxylation is 3. The Morgan fingerprint density at radius 2 is 0.747 bits per heavy atom. The summed E-state index contributed by atoms with van der Waals surface area (Å²) in [5.41, 5.74) is 17.4. The Bertz CT molecular complexity index is 4760. The number of para-hydroxylation sites is 1. The summed E-state index contributed by atoms with van der Waals surface area (Å²) >= 11 is 0. The van der Waals surface area contributed by atoms with E-state index in [-0.39, 0.29) is 23.6 Å². The number of hydrogen-bond acceptors (Lipinski definition) is 9. The molecule has 0 fully saturated rings. The van der Waals surface area contributed by atoms with Gasteiger partial charge in [0, 0.05) is 81.8 Å². The van der Waals surface area contributed by atoms with Gasteiger partial charge in [0.05, 0.1) is 79.5 Å². The lowest BCUT2D eigenvalue weighted by molar-refractivity contribution is -0.140. The van der Waals surface area contributed by atoms with Gasteiger partial charge in [-0.25, -0.2) is 0 Å². The number of allylic oxidation sites excluding steroid dienone is 2. The van der Waals surface area contributed by atoms with E-state index < -0.39 is 0 Å². The number of benzene rings is 9. The highest BCUT2D eigenvalue weighted by Gasteiger charge is 2.25. The topological polar surface area (TPSA) is 193 Å². The number of carbonyl (C=O) groups excluding carboxylic acids is 6. The minimum absolute atomic E-state index is 0.224. The molecule has 0 aliphatic rings. The van der Waals surface area contributed by atoms with Crippen molar-refractivity contribution in [2.75, 3.05) is 35.2 Å². The second-order valence-electron chi connectivity index (χ2n) is 22.0. The van der Waals surface area contributed by atoms with E-state index in [9.17, 15) is 44.6 Å². The lowest BCUT2D eigenvalue weighted by Gasteiger charge is -2.18. The van der Waals surface area contributed by atoms with Gasteiger partial charge in [-0.15, -0.1) is 0 Å². The molecule has 11 aromatic rings. The minimum atomic E-state index is -0.257. The van der Waals surface area contributed by atoms with Crippen LogP contribution in [0.25, 0.3) is 88.4 Å². The van der Waals surface area contributed by atoms with Crippen LogP contribution in [0.3, 0.4) is 0 Å². The zero-order valence-corrected chi connectivity index (χ0v) is 52.4. The van der Waals surface area contributed by atoms with E-state index in [0.29, 0.717) is 50.3 Å². The molecule has 2 heterocycles. The van der Waals surface area contributed by atoms with Gasteiger partial charge in [0.15, 0.2) is 12.6 Å². The van der Waals surface area contributed by atoms with Crippen LogP contribution in [-0.2, 0) is 9.59 Å². The van der Waals surface area contributed by atoms with Gasteiger partial charge >= 0.3 is 0 Å². The summed E-state index contributed by atoms with van der Waals surface area (Å²) in [4.78, 5) is 75.3. The minimum Gasteiger partial charge on any atom is -0.345 e. The number of aromatic nitrogens is 2. The SMILES string of the molecule is C=CC=C.CC(=O)N(C)C(C)=O.Cc1cc(C#N)ccc1-c1ccc2c(c1)c1cc(-c3ccc(C#N)cc3C)ccc1n2-c1cccc(C=O)c1C(=O)N(C)C.Cc1cc(C#N)ccc1-c1ccc2c(c1)c1ccccc1n2-c1cccc(C=O)c1C(=O)N(C)C. The van der Waals surface area contributed by atoms with E-state index in [0.717, 1.165) is 111 Å². The number of nitriles is 3. The van der Waals surface area contributed by atoms with Gasteiger partial charge in [0.2, 0.25) is 11.8 Å². The summed E-state index contributed by atoms with van der Waals surface area (Å²) in [5, 5.41) is 32.0. The lowest BCUT2D eigenvalue weighted by Crippen LogP contribution is -2.28. The molecule has 91 heavy (non-hydrogen) atoms. The molecule has 0 bridgehead atoms. The molecule has 9 aromatic carbocycles. The lowest BCUT2D eigenvalue weighted by atomic mass is 9.95. The molecule has 0 spiro atoms. The molecule has 0 radical (unpaired) electrons. The Labute approximate surface area is 529 Å². The standard InChI is InChI=1S/C38H28N4O2.C30H23N3O2.C5H9NO2.C4H6/c1-23-16-25(20-39)8-12-30(23)27-10-14-34-32(18-27)33-19-28(31-13-9-26(21-40)17-24(31)2)11-15-35(33)42(34)36-7-5-6-29(22-43)37(36)38(44)41(3)4;1-19-15-20(17-31)11-13-23(19)21-12-14-27-25(16-21)24-8-4-5-9-26(24)33(27)28-10-6-7-22(18-34)29(28)30(35)32(2)3;1-4(7)6(3)5(2)8;1-3-4-2/h5-19,22H,1-4H3;4-16,18H,1-3H3;1-3H3;3-4H,1-2H2.